The van der Waals surface area contributed by atoms with Gasteiger partial charge in [0.05, 0.1) is 5.69 Å². The molecule has 0 aliphatic carbocycles. The Morgan fingerprint density at radius 1 is 1.05 bits per heavy atom. The van der Waals surface area contributed by atoms with Crippen molar-refractivity contribution in [2.24, 2.45) is 11.8 Å². The van der Waals surface area contributed by atoms with Crippen molar-refractivity contribution in [2.75, 3.05) is 23.7 Å². The van der Waals surface area contributed by atoms with Gasteiger partial charge in [0.2, 0.25) is 0 Å². The molecule has 0 fully saturated rings. The van der Waals surface area contributed by atoms with E-state index in [1.807, 2.05) is 0 Å². The number of nitrogen functional groups attached to an aromatic ring is 1. The molecule has 1 rings (SSSR count). The topological polar surface area (TPSA) is 29.3 Å². The van der Waals surface area contributed by atoms with Gasteiger partial charge in [0.15, 0.2) is 0 Å². The van der Waals surface area contributed by atoms with Crippen LogP contribution in [0.5, 0.6) is 0 Å². The van der Waals surface area contributed by atoms with Gasteiger partial charge in [-0.25, -0.2) is 4.39 Å². The molecular formula is C16H27FN2. The van der Waals surface area contributed by atoms with Crippen LogP contribution in [0.4, 0.5) is 15.8 Å². The molecule has 0 aliphatic heterocycles. The van der Waals surface area contributed by atoms with E-state index in [4.69, 9.17) is 5.73 Å². The van der Waals surface area contributed by atoms with Crippen molar-refractivity contribution >= 4 is 11.4 Å². The second kappa shape index (κ2) is 7.37. The average Bonchev–Trinajstić information content (AvgIpc) is 2.30. The molecule has 0 spiro atoms. The molecule has 1 aromatic carbocycles. The highest BCUT2D eigenvalue weighted by Crippen LogP contribution is 2.23. The summed E-state index contributed by atoms with van der Waals surface area (Å²) < 4.78 is 14.0. The lowest BCUT2D eigenvalue weighted by Gasteiger charge is -2.27. The van der Waals surface area contributed by atoms with E-state index in [-0.39, 0.29) is 5.82 Å². The fourth-order valence-electron chi connectivity index (χ4n) is 1.96. The molecule has 0 atom stereocenters. The first-order valence-electron chi connectivity index (χ1n) is 7.20. The minimum atomic E-state index is -0.215. The molecule has 108 valence electrons. The first-order chi connectivity index (χ1) is 8.90. The van der Waals surface area contributed by atoms with Gasteiger partial charge in [-0.05, 0) is 42.9 Å². The summed E-state index contributed by atoms with van der Waals surface area (Å²) in [6.07, 6.45) is 2.14. The van der Waals surface area contributed by atoms with E-state index in [1.165, 1.54) is 6.07 Å². The average molecular weight is 266 g/mol. The zero-order valence-electron chi connectivity index (χ0n) is 12.6. The first-order valence-corrected chi connectivity index (χ1v) is 7.20. The predicted molar refractivity (Wildman–Crippen MR) is 81.9 cm³/mol. The Morgan fingerprint density at radius 3 is 2.00 bits per heavy atom. The lowest BCUT2D eigenvalue weighted by atomic mass is 10.1. The molecule has 0 bridgehead atoms. The number of nitrogens with zero attached hydrogens (tertiary/aromatic N) is 1. The number of hydrogen-bond donors (Lipinski definition) is 1. The van der Waals surface area contributed by atoms with Crippen LogP contribution in [0.1, 0.15) is 40.5 Å². The van der Waals surface area contributed by atoms with E-state index in [1.54, 1.807) is 12.1 Å². The highest BCUT2D eigenvalue weighted by atomic mass is 19.1. The zero-order valence-corrected chi connectivity index (χ0v) is 12.6. The van der Waals surface area contributed by atoms with Crippen molar-refractivity contribution < 1.29 is 4.39 Å². The third kappa shape index (κ3) is 5.50. The smallest absolute Gasteiger partial charge is 0.148 e. The summed E-state index contributed by atoms with van der Waals surface area (Å²) in [5, 5.41) is 0. The van der Waals surface area contributed by atoms with Crippen molar-refractivity contribution in [3.8, 4) is 0 Å². The predicted octanol–water partition coefficient (Wildman–Crippen LogP) is 4.31. The molecule has 0 heterocycles. The standard InChI is InChI=1S/C16H27FN2/c1-12(2)7-9-19(10-8-13(3)4)16-6-5-14(18)11-15(16)17/h5-6,11-13H,7-10,18H2,1-4H3. The van der Waals surface area contributed by atoms with Gasteiger partial charge in [0, 0.05) is 18.8 Å². The van der Waals surface area contributed by atoms with Crippen LogP contribution in [0.15, 0.2) is 18.2 Å². The van der Waals surface area contributed by atoms with Gasteiger partial charge in [0.1, 0.15) is 5.82 Å². The molecule has 0 unspecified atom stereocenters. The third-order valence-corrected chi connectivity index (χ3v) is 3.27. The van der Waals surface area contributed by atoms with Crippen LogP contribution in [-0.4, -0.2) is 13.1 Å². The van der Waals surface area contributed by atoms with Crippen LogP contribution in [0.3, 0.4) is 0 Å². The summed E-state index contributed by atoms with van der Waals surface area (Å²) >= 11 is 0. The minimum Gasteiger partial charge on any atom is -0.399 e. The number of nitrogens with two attached hydrogens (primary N) is 1. The second-order valence-electron chi connectivity index (χ2n) is 6.06. The van der Waals surface area contributed by atoms with Crippen LogP contribution in [0, 0.1) is 17.7 Å². The Bertz CT molecular complexity index is 376. The van der Waals surface area contributed by atoms with E-state index in [2.05, 4.69) is 32.6 Å². The fourth-order valence-corrected chi connectivity index (χ4v) is 1.96. The summed E-state index contributed by atoms with van der Waals surface area (Å²) in [7, 11) is 0. The van der Waals surface area contributed by atoms with Crippen LogP contribution in [0.2, 0.25) is 0 Å². The molecule has 1 aromatic rings. The van der Waals surface area contributed by atoms with Crippen molar-refractivity contribution in [1.29, 1.82) is 0 Å². The van der Waals surface area contributed by atoms with Gasteiger partial charge in [-0.15, -0.1) is 0 Å². The van der Waals surface area contributed by atoms with Gasteiger partial charge in [-0.1, -0.05) is 27.7 Å². The van der Waals surface area contributed by atoms with Gasteiger partial charge < -0.3 is 10.6 Å². The molecule has 0 saturated heterocycles. The van der Waals surface area contributed by atoms with E-state index < -0.39 is 0 Å². The highest BCUT2D eigenvalue weighted by molar-refractivity contribution is 5.54. The van der Waals surface area contributed by atoms with Gasteiger partial charge in [0.25, 0.3) is 0 Å². The maximum atomic E-state index is 14.0. The van der Waals surface area contributed by atoms with E-state index >= 15 is 0 Å². The third-order valence-electron chi connectivity index (χ3n) is 3.27. The van der Waals surface area contributed by atoms with Crippen molar-refractivity contribution in [3.05, 3.63) is 24.0 Å². The Hall–Kier alpha value is -1.25. The maximum Gasteiger partial charge on any atom is 0.148 e. The van der Waals surface area contributed by atoms with Crippen molar-refractivity contribution in [1.82, 2.24) is 0 Å². The largest absolute Gasteiger partial charge is 0.399 e. The summed E-state index contributed by atoms with van der Waals surface area (Å²) in [5.41, 5.74) is 6.77. The van der Waals surface area contributed by atoms with E-state index in [0.717, 1.165) is 25.9 Å². The van der Waals surface area contributed by atoms with Crippen molar-refractivity contribution in [2.45, 2.75) is 40.5 Å². The Kier molecular flexibility index (Phi) is 6.13. The molecule has 0 aromatic heterocycles. The quantitative estimate of drug-likeness (QED) is 0.745. The number of hydrogen-bond acceptors (Lipinski definition) is 2. The summed E-state index contributed by atoms with van der Waals surface area (Å²) in [6, 6.07) is 4.98. The summed E-state index contributed by atoms with van der Waals surface area (Å²) in [5.74, 6) is 1.03. The summed E-state index contributed by atoms with van der Waals surface area (Å²) in [4.78, 5) is 2.15. The normalized spacial score (nSPS) is 11.3. The Balaban J connectivity index is 2.81. The zero-order chi connectivity index (χ0) is 14.4. The van der Waals surface area contributed by atoms with Gasteiger partial charge in [-0.3, -0.25) is 0 Å². The molecule has 0 saturated carbocycles. The van der Waals surface area contributed by atoms with E-state index in [0.29, 0.717) is 23.2 Å². The number of benzene rings is 1. The first kappa shape index (κ1) is 15.8. The van der Waals surface area contributed by atoms with Gasteiger partial charge in [-0.2, -0.15) is 0 Å². The number of halogens is 1. The molecule has 2 N–H and O–H groups in total. The molecule has 3 heteroatoms. The Labute approximate surface area is 116 Å². The second-order valence-corrected chi connectivity index (χ2v) is 6.06. The molecule has 2 nitrogen and oxygen atoms in total. The molecule has 19 heavy (non-hydrogen) atoms. The molecular weight excluding hydrogens is 239 g/mol. The number of anilines is 2. The Morgan fingerprint density at radius 2 is 1.58 bits per heavy atom. The molecule has 0 aliphatic rings. The van der Waals surface area contributed by atoms with Crippen LogP contribution in [-0.2, 0) is 0 Å². The lowest BCUT2D eigenvalue weighted by molar-refractivity contribution is 0.527. The van der Waals surface area contributed by atoms with Crippen LogP contribution >= 0.6 is 0 Å². The van der Waals surface area contributed by atoms with E-state index in [9.17, 15) is 4.39 Å². The van der Waals surface area contributed by atoms with Gasteiger partial charge >= 0.3 is 0 Å². The van der Waals surface area contributed by atoms with Crippen LogP contribution in [0.25, 0.3) is 0 Å². The minimum absolute atomic E-state index is 0.215. The fraction of sp³-hybridized carbons (Fsp3) is 0.625. The van der Waals surface area contributed by atoms with Crippen molar-refractivity contribution in [3.63, 3.8) is 0 Å². The lowest BCUT2D eigenvalue weighted by Crippen LogP contribution is -2.28. The van der Waals surface area contributed by atoms with Crippen LogP contribution < -0.4 is 10.6 Å². The molecule has 0 amide bonds. The highest BCUT2D eigenvalue weighted by Gasteiger charge is 2.13. The number of rotatable bonds is 7. The molecule has 0 radical (unpaired) electrons. The summed E-state index contributed by atoms with van der Waals surface area (Å²) in [6.45, 7) is 10.6. The SMILES string of the molecule is CC(C)CCN(CCC(C)C)c1ccc(N)cc1F. The maximum absolute atomic E-state index is 14.0. The monoisotopic (exact) mass is 266 g/mol.